The van der Waals surface area contributed by atoms with Crippen LogP contribution in [0.5, 0.6) is 0 Å². The number of carbonyl (C=O) groups is 2. The van der Waals surface area contributed by atoms with Gasteiger partial charge in [0.2, 0.25) is 5.91 Å². The second-order valence-electron chi connectivity index (χ2n) is 7.27. The summed E-state index contributed by atoms with van der Waals surface area (Å²) in [6.07, 6.45) is 10.7. The fraction of sp³-hybridized carbons (Fsp3) is 0.667. The van der Waals surface area contributed by atoms with E-state index in [-0.39, 0.29) is 30.6 Å². The van der Waals surface area contributed by atoms with Gasteiger partial charge >= 0.3 is 0 Å². The van der Waals surface area contributed by atoms with Crippen molar-refractivity contribution in [1.29, 1.82) is 0 Å². The fourth-order valence-corrected chi connectivity index (χ4v) is 4.29. The van der Waals surface area contributed by atoms with Crippen LogP contribution in [0.4, 0.5) is 0 Å². The zero-order valence-corrected chi connectivity index (χ0v) is 14.3. The first-order valence-electron chi connectivity index (χ1n) is 9.19. The minimum atomic E-state index is -0.142. The summed E-state index contributed by atoms with van der Waals surface area (Å²) in [4.78, 5) is 36.8. The van der Waals surface area contributed by atoms with Crippen LogP contribution in [0.3, 0.4) is 0 Å². The molecule has 0 N–H and O–H groups in total. The van der Waals surface area contributed by atoms with Crippen molar-refractivity contribution in [2.75, 3.05) is 26.2 Å². The Bertz CT molecular complexity index is 632. The average molecular weight is 344 g/mol. The molecule has 3 fully saturated rings. The molecule has 0 aromatic carbocycles. The Labute approximate surface area is 147 Å². The maximum atomic E-state index is 12.6. The number of morpholine rings is 1. The average Bonchev–Trinajstić information content (AvgIpc) is 3.10. The molecule has 0 bridgehead atoms. The summed E-state index contributed by atoms with van der Waals surface area (Å²) in [5, 5.41) is 0. The van der Waals surface area contributed by atoms with E-state index >= 15 is 0 Å². The molecule has 0 spiro atoms. The number of ether oxygens (including phenoxy) is 1. The van der Waals surface area contributed by atoms with E-state index in [1.165, 1.54) is 44.5 Å². The largest absolute Gasteiger partial charge is 0.364 e. The molecule has 7 heteroatoms. The Morgan fingerprint density at radius 2 is 2.04 bits per heavy atom. The van der Waals surface area contributed by atoms with Crippen LogP contribution in [-0.2, 0) is 9.53 Å². The van der Waals surface area contributed by atoms with Crippen molar-refractivity contribution in [1.82, 2.24) is 19.8 Å². The van der Waals surface area contributed by atoms with Crippen LogP contribution in [-0.4, -0.2) is 70.0 Å². The molecule has 25 heavy (non-hydrogen) atoms. The van der Waals surface area contributed by atoms with Gasteiger partial charge in [-0.2, -0.15) is 0 Å². The molecule has 2 saturated heterocycles. The van der Waals surface area contributed by atoms with Gasteiger partial charge in [-0.1, -0.05) is 19.3 Å². The Kier molecular flexibility index (Phi) is 4.65. The van der Waals surface area contributed by atoms with Gasteiger partial charge in [-0.15, -0.1) is 0 Å². The van der Waals surface area contributed by atoms with E-state index in [2.05, 4.69) is 9.97 Å². The molecule has 4 rings (SSSR count). The first kappa shape index (κ1) is 16.4. The van der Waals surface area contributed by atoms with E-state index in [1.54, 1.807) is 11.1 Å². The van der Waals surface area contributed by atoms with E-state index in [1.807, 2.05) is 4.90 Å². The first-order chi connectivity index (χ1) is 12.2. The molecular formula is C18H24N4O3. The molecule has 2 amide bonds. The molecule has 0 radical (unpaired) electrons. The molecule has 1 saturated carbocycles. The van der Waals surface area contributed by atoms with Crippen molar-refractivity contribution in [3.8, 4) is 0 Å². The van der Waals surface area contributed by atoms with Crippen LogP contribution in [0.25, 0.3) is 0 Å². The highest BCUT2D eigenvalue weighted by atomic mass is 16.5. The van der Waals surface area contributed by atoms with Crippen molar-refractivity contribution >= 4 is 11.8 Å². The minimum absolute atomic E-state index is 0.0382. The Morgan fingerprint density at radius 1 is 1.20 bits per heavy atom. The highest BCUT2D eigenvalue weighted by Gasteiger charge is 2.45. The molecule has 134 valence electrons. The Hall–Kier alpha value is -2.02. The van der Waals surface area contributed by atoms with E-state index < -0.39 is 0 Å². The van der Waals surface area contributed by atoms with Crippen molar-refractivity contribution in [2.24, 2.45) is 5.92 Å². The second kappa shape index (κ2) is 7.07. The Morgan fingerprint density at radius 3 is 2.80 bits per heavy atom. The summed E-state index contributed by atoms with van der Waals surface area (Å²) in [7, 11) is 0. The summed E-state index contributed by atoms with van der Waals surface area (Å²) in [5.74, 6) is 0.498. The third kappa shape index (κ3) is 3.38. The SMILES string of the molecule is O=C(c1cnccn1)N1C[C@@H]2OCC(=O)N(CC3CCCCC3)[C@@H]2C1. The molecule has 1 aromatic rings. The van der Waals surface area contributed by atoms with Crippen molar-refractivity contribution in [3.05, 3.63) is 24.3 Å². The normalized spacial score (nSPS) is 27.4. The highest BCUT2D eigenvalue weighted by molar-refractivity contribution is 5.92. The topological polar surface area (TPSA) is 75.6 Å². The Balaban J connectivity index is 1.46. The lowest BCUT2D eigenvalue weighted by Gasteiger charge is -2.39. The maximum Gasteiger partial charge on any atom is 0.274 e. The van der Waals surface area contributed by atoms with Gasteiger partial charge in [0.05, 0.1) is 18.3 Å². The van der Waals surface area contributed by atoms with E-state index in [0.717, 1.165) is 6.54 Å². The number of carbonyl (C=O) groups excluding carboxylic acids is 2. The van der Waals surface area contributed by atoms with Gasteiger partial charge in [-0.25, -0.2) is 4.98 Å². The van der Waals surface area contributed by atoms with E-state index in [0.29, 0.717) is 24.7 Å². The number of amides is 2. The molecule has 2 atom stereocenters. The van der Waals surface area contributed by atoms with Crippen LogP contribution in [0.15, 0.2) is 18.6 Å². The maximum absolute atomic E-state index is 12.6. The standard InChI is InChI=1S/C18H24N4O3/c23-17-12-25-16-11-21(18(24)14-8-19-6-7-20-14)10-15(16)22(17)9-13-4-2-1-3-5-13/h6-8,13,15-16H,1-5,9-12H2/t15-,16+/m1/s1. The minimum Gasteiger partial charge on any atom is -0.364 e. The molecule has 1 aromatic heterocycles. The second-order valence-corrected chi connectivity index (χ2v) is 7.27. The number of likely N-dealkylation sites (tertiary alicyclic amines) is 1. The van der Waals surface area contributed by atoms with Gasteiger partial charge in [0.15, 0.2) is 0 Å². The van der Waals surface area contributed by atoms with Crippen molar-refractivity contribution in [3.63, 3.8) is 0 Å². The van der Waals surface area contributed by atoms with Crippen LogP contribution < -0.4 is 0 Å². The first-order valence-corrected chi connectivity index (χ1v) is 9.19. The summed E-state index contributed by atoms with van der Waals surface area (Å²) < 4.78 is 5.73. The number of hydrogen-bond acceptors (Lipinski definition) is 5. The summed E-state index contributed by atoms with van der Waals surface area (Å²) in [6.45, 7) is 1.95. The molecule has 0 unspecified atom stereocenters. The summed E-state index contributed by atoms with van der Waals surface area (Å²) in [5.41, 5.74) is 0.339. The predicted molar refractivity (Wildman–Crippen MR) is 89.8 cm³/mol. The number of fused-ring (bicyclic) bond motifs is 1. The predicted octanol–water partition coefficient (Wildman–Crippen LogP) is 1.11. The number of rotatable bonds is 3. The monoisotopic (exact) mass is 344 g/mol. The quantitative estimate of drug-likeness (QED) is 0.821. The summed E-state index contributed by atoms with van der Waals surface area (Å²) >= 11 is 0. The van der Waals surface area contributed by atoms with E-state index in [4.69, 9.17) is 4.74 Å². The molecule has 2 aliphatic heterocycles. The van der Waals surface area contributed by atoms with Crippen LogP contribution in [0.1, 0.15) is 42.6 Å². The molecule has 1 aliphatic carbocycles. The van der Waals surface area contributed by atoms with Gasteiger partial charge in [-0.3, -0.25) is 14.6 Å². The number of nitrogens with zero attached hydrogens (tertiary/aromatic N) is 4. The van der Waals surface area contributed by atoms with Gasteiger partial charge in [0.25, 0.3) is 5.91 Å². The van der Waals surface area contributed by atoms with Crippen LogP contribution >= 0.6 is 0 Å². The fourth-order valence-electron chi connectivity index (χ4n) is 4.29. The van der Waals surface area contributed by atoms with Crippen molar-refractivity contribution in [2.45, 2.75) is 44.2 Å². The lowest BCUT2D eigenvalue weighted by molar-refractivity contribution is -0.154. The molecule has 7 nitrogen and oxygen atoms in total. The molecule has 3 aliphatic rings. The highest BCUT2D eigenvalue weighted by Crippen LogP contribution is 2.29. The zero-order valence-electron chi connectivity index (χ0n) is 14.3. The third-order valence-electron chi connectivity index (χ3n) is 5.63. The molecule has 3 heterocycles. The molecular weight excluding hydrogens is 320 g/mol. The van der Waals surface area contributed by atoms with E-state index in [9.17, 15) is 9.59 Å². The number of hydrogen-bond donors (Lipinski definition) is 0. The van der Waals surface area contributed by atoms with Crippen molar-refractivity contribution < 1.29 is 14.3 Å². The lowest BCUT2D eigenvalue weighted by atomic mass is 9.88. The van der Waals surface area contributed by atoms with Gasteiger partial charge in [0.1, 0.15) is 12.3 Å². The smallest absolute Gasteiger partial charge is 0.274 e. The lowest BCUT2D eigenvalue weighted by Crippen LogP contribution is -2.55. The number of aromatic nitrogens is 2. The summed E-state index contributed by atoms with van der Waals surface area (Å²) in [6, 6.07) is -0.0382. The third-order valence-corrected chi connectivity index (χ3v) is 5.63. The zero-order chi connectivity index (χ0) is 17.2. The van der Waals surface area contributed by atoms with Gasteiger partial charge in [0, 0.05) is 32.0 Å². The van der Waals surface area contributed by atoms with Crippen LogP contribution in [0, 0.1) is 5.92 Å². The van der Waals surface area contributed by atoms with Gasteiger partial charge in [-0.05, 0) is 18.8 Å². The van der Waals surface area contributed by atoms with Crippen LogP contribution in [0.2, 0.25) is 0 Å². The van der Waals surface area contributed by atoms with Gasteiger partial charge < -0.3 is 14.5 Å².